The lowest BCUT2D eigenvalue weighted by molar-refractivity contribution is 0.0944. The number of methoxy groups -OCH3 is 1. The van der Waals surface area contributed by atoms with E-state index in [0.29, 0.717) is 11.4 Å². The Morgan fingerprint density at radius 1 is 1.39 bits per heavy atom. The zero-order chi connectivity index (χ0) is 13.1. The molecule has 1 heterocycles. The smallest absolute Gasteiger partial charge is 0.283 e. The van der Waals surface area contributed by atoms with Crippen molar-refractivity contribution in [3.8, 4) is 17.0 Å². The number of aromatic nitrogens is 2. The fourth-order valence-electron chi connectivity index (χ4n) is 1.66. The summed E-state index contributed by atoms with van der Waals surface area (Å²) >= 11 is 0. The number of ether oxygens (including phenoxy) is 1. The summed E-state index contributed by atoms with van der Waals surface area (Å²) in [6.45, 7) is 0. The molecular formula is C12H14N4O2. The Hall–Kier alpha value is -2.34. The van der Waals surface area contributed by atoms with Gasteiger partial charge >= 0.3 is 0 Å². The number of carbonyl (C=O) groups is 1. The first-order valence-electron chi connectivity index (χ1n) is 5.35. The van der Waals surface area contributed by atoms with E-state index >= 15 is 0 Å². The Morgan fingerprint density at radius 2 is 2.06 bits per heavy atom. The first-order chi connectivity index (χ1) is 8.65. The molecule has 0 radical (unpaired) electrons. The molecule has 1 aromatic heterocycles. The molecule has 6 nitrogen and oxygen atoms in total. The molecule has 1 aromatic carbocycles. The highest BCUT2D eigenvalue weighted by Crippen LogP contribution is 2.21. The zero-order valence-corrected chi connectivity index (χ0v) is 10.2. The second-order valence-electron chi connectivity index (χ2n) is 3.74. The molecule has 0 spiro atoms. The van der Waals surface area contributed by atoms with Crippen molar-refractivity contribution in [2.45, 2.75) is 0 Å². The van der Waals surface area contributed by atoms with E-state index in [4.69, 9.17) is 10.6 Å². The quantitative estimate of drug-likeness (QED) is 0.474. The van der Waals surface area contributed by atoms with Crippen LogP contribution in [0.15, 0.2) is 30.3 Å². The average Bonchev–Trinajstić information content (AvgIpc) is 2.80. The number of nitrogen functional groups attached to an aromatic ring is 1. The van der Waals surface area contributed by atoms with Crippen molar-refractivity contribution in [2.24, 2.45) is 12.9 Å². The molecule has 0 saturated carbocycles. The highest BCUT2D eigenvalue weighted by molar-refractivity contribution is 5.93. The molecule has 0 fully saturated rings. The molecule has 18 heavy (non-hydrogen) atoms. The van der Waals surface area contributed by atoms with E-state index in [-0.39, 0.29) is 5.91 Å². The Morgan fingerprint density at radius 3 is 2.61 bits per heavy atom. The Balaban J connectivity index is 2.36. The molecule has 2 rings (SSSR count). The first kappa shape index (κ1) is 12.1. The Kier molecular flexibility index (Phi) is 3.29. The molecule has 1 amide bonds. The number of nitrogens with zero attached hydrogens (tertiary/aromatic N) is 2. The van der Waals surface area contributed by atoms with Crippen LogP contribution < -0.4 is 16.0 Å². The summed E-state index contributed by atoms with van der Waals surface area (Å²) in [5.74, 6) is 5.50. The Bertz CT molecular complexity index is 560. The van der Waals surface area contributed by atoms with Crippen LogP contribution in [-0.2, 0) is 7.05 Å². The highest BCUT2D eigenvalue weighted by Gasteiger charge is 2.12. The van der Waals surface area contributed by atoms with Crippen LogP contribution in [-0.4, -0.2) is 22.8 Å². The van der Waals surface area contributed by atoms with E-state index in [0.717, 1.165) is 11.3 Å². The molecule has 94 valence electrons. The van der Waals surface area contributed by atoms with Gasteiger partial charge in [0.25, 0.3) is 5.91 Å². The molecule has 2 aromatic rings. The molecule has 0 atom stereocenters. The summed E-state index contributed by atoms with van der Waals surface area (Å²) in [7, 11) is 3.30. The maximum atomic E-state index is 11.5. The van der Waals surface area contributed by atoms with Gasteiger partial charge in [-0.05, 0) is 30.3 Å². The fraction of sp³-hybridized carbons (Fsp3) is 0.167. The van der Waals surface area contributed by atoms with Gasteiger partial charge < -0.3 is 4.74 Å². The van der Waals surface area contributed by atoms with Crippen LogP contribution >= 0.6 is 0 Å². The van der Waals surface area contributed by atoms with E-state index in [1.807, 2.05) is 24.3 Å². The molecular weight excluding hydrogens is 232 g/mol. The maximum Gasteiger partial charge on any atom is 0.283 e. The number of carbonyl (C=O) groups excluding carboxylic acids is 1. The number of hydrazine groups is 1. The number of nitrogens with one attached hydrogen (secondary N) is 1. The monoisotopic (exact) mass is 246 g/mol. The summed E-state index contributed by atoms with van der Waals surface area (Å²) in [4.78, 5) is 11.5. The van der Waals surface area contributed by atoms with E-state index in [1.54, 1.807) is 20.2 Å². The van der Waals surface area contributed by atoms with Crippen molar-refractivity contribution in [2.75, 3.05) is 7.11 Å². The van der Waals surface area contributed by atoms with Gasteiger partial charge in [0.2, 0.25) is 0 Å². The van der Waals surface area contributed by atoms with E-state index in [2.05, 4.69) is 10.5 Å². The molecule has 3 N–H and O–H groups in total. The number of aryl methyl sites for hydroxylation is 1. The Labute approximate surface area is 104 Å². The summed E-state index contributed by atoms with van der Waals surface area (Å²) in [5, 5.41) is 4.26. The van der Waals surface area contributed by atoms with E-state index in [9.17, 15) is 4.79 Å². The first-order valence-corrected chi connectivity index (χ1v) is 5.35. The van der Waals surface area contributed by atoms with E-state index in [1.165, 1.54) is 4.68 Å². The minimum absolute atomic E-state index is 0.371. The van der Waals surface area contributed by atoms with Crippen LogP contribution in [0.4, 0.5) is 0 Å². The van der Waals surface area contributed by atoms with Crippen LogP contribution in [0.5, 0.6) is 5.75 Å². The zero-order valence-electron chi connectivity index (χ0n) is 10.2. The summed E-state index contributed by atoms with van der Waals surface area (Å²) < 4.78 is 6.57. The van der Waals surface area contributed by atoms with Crippen molar-refractivity contribution in [3.63, 3.8) is 0 Å². The van der Waals surface area contributed by atoms with Gasteiger partial charge in [0.1, 0.15) is 11.4 Å². The van der Waals surface area contributed by atoms with Crippen molar-refractivity contribution in [1.82, 2.24) is 15.2 Å². The molecule has 0 unspecified atom stereocenters. The van der Waals surface area contributed by atoms with Crippen molar-refractivity contribution in [3.05, 3.63) is 36.0 Å². The van der Waals surface area contributed by atoms with Gasteiger partial charge in [-0.15, -0.1) is 0 Å². The van der Waals surface area contributed by atoms with Crippen LogP contribution in [0.25, 0.3) is 11.3 Å². The van der Waals surface area contributed by atoms with Gasteiger partial charge in [0, 0.05) is 12.6 Å². The minimum atomic E-state index is -0.371. The third-order valence-corrected chi connectivity index (χ3v) is 2.63. The van der Waals surface area contributed by atoms with Crippen LogP contribution in [0, 0.1) is 0 Å². The highest BCUT2D eigenvalue weighted by atomic mass is 16.5. The largest absolute Gasteiger partial charge is 0.497 e. The molecule has 0 aliphatic rings. The predicted octanol–water partition coefficient (Wildman–Crippen LogP) is 0.699. The number of amides is 1. The number of hydrogen-bond donors (Lipinski definition) is 2. The number of rotatable bonds is 3. The lowest BCUT2D eigenvalue weighted by Gasteiger charge is -2.00. The van der Waals surface area contributed by atoms with Gasteiger partial charge in [0.05, 0.1) is 12.8 Å². The fourth-order valence-corrected chi connectivity index (χ4v) is 1.66. The third-order valence-electron chi connectivity index (χ3n) is 2.63. The molecule has 0 aliphatic heterocycles. The lowest BCUT2D eigenvalue weighted by atomic mass is 10.1. The summed E-state index contributed by atoms with van der Waals surface area (Å²) in [6.07, 6.45) is 0. The van der Waals surface area contributed by atoms with Crippen LogP contribution in [0.1, 0.15) is 10.5 Å². The molecule has 0 aliphatic carbocycles. The summed E-state index contributed by atoms with van der Waals surface area (Å²) in [5.41, 5.74) is 4.10. The molecule has 0 saturated heterocycles. The van der Waals surface area contributed by atoms with Crippen LogP contribution in [0.3, 0.4) is 0 Å². The van der Waals surface area contributed by atoms with Gasteiger partial charge in [0.15, 0.2) is 0 Å². The minimum Gasteiger partial charge on any atom is -0.497 e. The van der Waals surface area contributed by atoms with Gasteiger partial charge in [-0.1, -0.05) is 0 Å². The average molecular weight is 246 g/mol. The normalized spacial score (nSPS) is 10.2. The number of nitrogens with two attached hydrogens (primary N) is 1. The van der Waals surface area contributed by atoms with Crippen molar-refractivity contribution >= 4 is 5.91 Å². The second kappa shape index (κ2) is 4.89. The standard InChI is InChI=1S/C12H14N4O2/c1-16-11(12(17)14-13)7-10(15-16)8-3-5-9(18-2)6-4-8/h3-7H,13H2,1-2H3,(H,14,17). The number of benzene rings is 1. The van der Waals surface area contributed by atoms with Crippen molar-refractivity contribution < 1.29 is 9.53 Å². The molecule has 0 bridgehead atoms. The third kappa shape index (κ3) is 2.18. The van der Waals surface area contributed by atoms with E-state index < -0.39 is 0 Å². The van der Waals surface area contributed by atoms with Gasteiger partial charge in [-0.25, -0.2) is 5.84 Å². The number of hydrogen-bond acceptors (Lipinski definition) is 4. The second-order valence-corrected chi connectivity index (χ2v) is 3.74. The van der Waals surface area contributed by atoms with Gasteiger partial charge in [-0.2, -0.15) is 5.10 Å². The predicted molar refractivity (Wildman–Crippen MR) is 66.8 cm³/mol. The molecule has 6 heteroatoms. The van der Waals surface area contributed by atoms with Crippen molar-refractivity contribution in [1.29, 1.82) is 0 Å². The van der Waals surface area contributed by atoms with Gasteiger partial charge in [-0.3, -0.25) is 14.9 Å². The van der Waals surface area contributed by atoms with Crippen LogP contribution in [0.2, 0.25) is 0 Å². The topological polar surface area (TPSA) is 82.2 Å². The SMILES string of the molecule is COc1ccc(-c2cc(C(=O)NN)n(C)n2)cc1. The lowest BCUT2D eigenvalue weighted by Crippen LogP contribution is -2.31. The maximum absolute atomic E-state index is 11.5. The summed E-state index contributed by atoms with van der Waals surface area (Å²) in [6, 6.07) is 9.12.